The summed E-state index contributed by atoms with van der Waals surface area (Å²) in [7, 11) is 1.98. The second-order valence-electron chi connectivity index (χ2n) is 5.35. The van der Waals surface area contributed by atoms with Crippen molar-refractivity contribution in [1.82, 2.24) is 20.4 Å². The number of ether oxygens (including phenoxy) is 2. The van der Waals surface area contributed by atoms with Gasteiger partial charge in [0.05, 0.1) is 19.8 Å². The number of anilines is 2. The van der Waals surface area contributed by atoms with E-state index in [2.05, 4.69) is 26.5 Å². The van der Waals surface area contributed by atoms with Gasteiger partial charge in [0.25, 0.3) is 0 Å². The first-order valence-electron chi connectivity index (χ1n) is 7.47. The first-order chi connectivity index (χ1) is 10.7. The molecule has 2 aliphatic heterocycles. The highest BCUT2D eigenvalue weighted by atomic mass is 16.5. The normalized spacial score (nSPS) is 18.5. The van der Waals surface area contributed by atoms with E-state index in [0.717, 1.165) is 31.9 Å². The van der Waals surface area contributed by atoms with Gasteiger partial charge in [-0.2, -0.15) is 9.97 Å². The number of nitrogens with two attached hydrogens (primary N) is 1. The summed E-state index contributed by atoms with van der Waals surface area (Å²) >= 11 is 0. The van der Waals surface area contributed by atoms with E-state index < -0.39 is 0 Å². The van der Waals surface area contributed by atoms with Crippen LogP contribution in [0, 0.1) is 0 Å². The first kappa shape index (κ1) is 14.9. The Hall–Kier alpha value is -2.06. The van der Waals surface area contributed by atoms with Gasteiger partial charge in [-0.3, -0.25) is 0 Å². The lowest BCUT2D eigenvalue weighted by atomic mass is 10.2. The minimum absolute atomic E-state index is 0.237. The monoisotopic (exact) mass is 306 g/mol. The number of aromatic nitrogens is 2. The third-order valence-corrected chi connectivity index (χ3v) is 3.65. The van der Waals surface area contributed by atoms with Crippen molar-refractivity contribution in [2.24, 2.45) is 0 Å². The summed E-state index contributed by atoms with van der Waals surface area (Å²) in [6.07, 6.45) is 2.94. The minimum Gasteiger partial charge on any atom is -0.477 e. The maximum absolute atomic E-state index is 5.79. The molecule has 0 spiro atoms. The van der Waals surface area contributed by atoms with Gasteiger partial charge >= 0.3 is 0 Å². The first-order valence-corrected chi connectivity index (χ1v) is 7.47. The lowest BCUT2D eigenvalue weighted by molar-refractivity contribution is 0.122. The molecule has 0 aromatic carbocycles. The molecule has 120 valence electrons. The molecule has 1 fully saturated rings. The molecule has 0 atom stereocenters. The Morgan fingerprint density at radius 3 is 2.91 bits per heavy atom. The Kier molecular flexibility index (Phi) is 4.59. The summed E-state index contributed by atoms with van der Waals surface area (Å²) in [5.41, 5.74) is 10.3. The second-order valence-corrected chi connectivity index (χ2v) is 5.35. The molecule has 8 nitrogen and oxygen atoms in total. The third-order valence-electron chi connectivity index (χ3n) is 3.65. The SMILES string of the molecule is CN1C=C(CCOc2cc(N3CCOCC3)nc(N)n2)CN1. The van der Waals surface area contributed by atoms with Crippen LogP contribution in [0.3, 0.4) is 0 Å². The molecule has 8 heteroatoms. The van der Waals surface area contributed by atoms with Crippen LogP contribution < -0.4 is 20.8 Å². The summed E-state index contributed by atoms with van der Waals surface area (Å²) in [4.78, 5) is 10.6. The molecule has 3 N–H and O–H groups in total. The molecule has 3 rings (SSSR count). The van der Waals surface area contributed by atoms with Crippen LogP contribution in [0.4, 0.5) is 11.8 Å². The number of rotatable bonds is 5. The van der Waals surface area contributed by atoms with Crippen molar-refractivity contribution in [3.63, 3.8) is 0 Å². The standard InChI is InChI=1S/C14H22N6O2/c1-19-10-11(9-16-19)2-5-22-13-8-12(17-14(15)18-13)20-3-6-21-7-4-20/h8,10,16H,2-7,9H2,1H3,(H2,15,17,18). The Labute approximate surface area is 129 Å². The minimum atomic E-state index is 0.237. The molecule has 0 radical (unpaired) electrons. The molecule has 1 aromatic heterocycles. The molecule has 1 saturated heterocycles. The number of hydrazine groups is 1. The number of hydrogen-bond donors (Lipinski definition) is 2. The van der Waals surface area contributed by atoms with E-state index in [1.54, 1.807) is 0 Å². The smallest absolute Gasteiger partial charge is 0.225 e. The van der Waals surface area contributed by atoms with E-state index in [4.69, 9.17) is 15.2 Å². The van der Waals surface area contributed by atoms with Gasteiger partial charge in [-0.25, -0.2) is 5.43 Å². The lowest BCUT2D eigenvalue weighted by Crippen LogP contribution is -2.36. The summed E-state index contributed by atoms with van der Waals surface area (Å²) in [6, 6.07) is 1.84. The summed E-state index contributed by atoms with van der Waals surface area (Å²) < 4.78 is 11.1. The molecule has 2 aliphatic rings. The molecular formula is C14H22N6O2. The van der Waals surface area contributed by atoms with Crippen molar-refractivity contribution in [2.45, 2.75) is 6.42 Å². The second kappa shape index (κ2) is 6.80. The van der Waals surface area contributed by atoms with Crippen LogP contribution >= 0.6 is 0 Å². The fourth-order valence-corrected chi connectivity index (χ4v) is 2.49. The average Bonchev–Trinajstić information content (AvgIpc) is 2.93. The lowest BCUT2D eigenvalue weighted by Gasteiger charge is -2.27. The van der Waals surface area contributed by atoms with Crippen molar-refractivity contribution < 1.29 is 9.47 Å². The summed E-state index contributed by atoms with van der Waals surface area (Å²) in [5.74, 6) is 1.56. The van der Waals surface area contributed by atoms with E-state index in [0.29, 0.717) is 25.7 Å². The quantitative estimate of drug-likeness (QED) is 0.786. The van der Waals surface area contributed by atoms with E-state index in [1.807, 2.05) is 18.1 Å². The predicted molar refractivity (Wildman–Crippen MR) is 83.4 cm³/mol. The van der Waals surface area contributed by atoms with Crippen LogP contribution in [-0.2, 0) is 4.74 Å². The van der Waals surface area contributed by atoms with Crippen molar-refractivity contribution >= 4 is 11.8 Å². The summed E-state index contributed by atoms with van der Waals surface area (Å²) in [5, 5.41) is 1.95. The van der Waals surface area contributed by atoms with Gasteiger partial charge in [0, 0.05) is 45.4 Å². The van der Waals surface area contributed by atoms with Crippen molar-refractivity contribution in [2.75, 3.05) is 57.1 Å². The molecule has 0 unspecified atom stereocenters. The number of morpholine rings is 1. The average molecular weight is 306 g/mol. The molecule has 0 saturated carbocycles. The highest BCUT2D eigenvalue weighted by molar-refractivity contribution is 5.45. The van der Waals surface area contributed by atoms with Gasteiger partial charge in [0.2, 0.25) is 11.8 Å². The van der Waals surface area contributed by atoms with E-state index in [1.165, 1.54) is 5.57 Å². The summed E-state index contributed by atoms with van der Waals surface area (Å²) in [6.45, 7) is 4.45. The molecule has 0 amide bonds. The molecule has 1 aromatic rings. The van der Waals surface area contributed by atoms with Crippen LogP contribution in [0.15, 0.2) is 17.8 Å². The zero-order valence-electron chi connectivity index (χ0n) is 12.8. The zero-order chi connectivity index (χ0) is 15.4. The number of hydrogen-bond acceptors (Lipinski definition) is 8. The maximum atomic E-state index is 5.79. The van der Waals surface area contributed by atoms with Gasteiger partial charge in [-0.05, 0) is 5.57 Å². The topological polar surface area (TPSA) is 88.8 Å². The number of nitrogens with zero attached hydrogens (tertiary/aromatic N) is 4. The Balaban J connectivity index is 1.58. The van der Waals surface area contributed by atoms with Gasteiger partial charge in [0.15, 0.2) is 0 Å². The zero-order valence-corrected chi connectivity index (χ0v) is 12.8. The van der Waals surface area contributed by atoms with Gasteiger partial charge in [0.1, 0.15) is 5.82 Å². The highest BCUT2D eigenvalue weighted by Crippen LogP contribution is 2.20. The van der Waals surface area contributed by atoms with Crippen molar-refractivity contribution in [3.8, 4) is 5.88 Å². The molecule has 0 bridgehead atoms. The van der Waals surface area contributed by atoms with Gasteiger partial charge in [-0.1, -0.05) is 0 Å². The van der Waals surface area contributed by atoms with Crippen LogP contribution in [-0.4, -0.2) is 61.5 Å². The molecule has 22 heavy (non-hydrogen) atoms. The van der Waals surface area contributed by atoms with E-state index >= 15 is 0 Å². The largest absolute Gasteiger partial charge is 0.477 e. The van der Waals surface area contributed by atoms with Crippen molar-refractivity contribution in [1.29, 1.82) is 0 Å². The Morgan fingerprint density at radius 2 is 2.18 bits per heavy atom. The third kappa shape index (κ3) is 3.77. The maximum Gasteiger partial charge on any atom is 0.225 e. The van der Waals surface area contributed by atoms with Gasteiger partial charge in [-0.15, -0.1) is 0 Å². The fraction of sp³-hybridized carbons (Fsp3) is 0.571. The van der Waals surface area contributed by atoms with Crippen molar-refractivity contribution in [3.05, 3.63) is 17.8 Å². The van der Waals surface area contributed by atoms with Crippen LogP contribution in [0.25, 0.3) is 0 Å². The fourth-order valence-electron chi connectivity index (χ4n) is 2.49. The predicted octanol–water partition coefficient (Wildman–Crippen LogP) is -0.00180. The Bertz CT molecular complexity index is 544. The molecular weight excluding hydrogens is 284 g/mol. The van der Waals surface area contributed by atoms with Crippen LogP contribution in [0.1, 0.15) is 6.42 Å². The Morgan fingerprint density at radius 1 is 1.36 bits per heavy atom. The van der Waals surface area contributed by atoms with E-state index in [-0.39, 0.29) is 5.95 Å². The highest BCUT2D eigenvalue weighted by Gasteiger charge is 2.15. The van der Waals surface area contributed by atoms with Crippen LogP contribution in [0.2, 0.25) is 0 Å². The van der Waals surface area contributed by atoms with Crippen LogP contribution in [0.5, 0.6) is 5.88 Å². The van der Waals surface area contributed by atoms with Gasteiger partial charge < -0.3 is 25.1 Å². The molecule has 3 heterocycles. The van der Waals surface area contributed by atoms with E-state index in [9.17, 15) is 0 Å². The number of nitrogens with one attached hydrogen (secondary N) is 1. The molecule has 0 aliphatic carbocycles. The number of nitrogen functional groups attached to an aromatic ring is 1.